The standard InChI is InChI=1S/C28H36F2O6/c1-3-4-17-28(29,30)26(32)16-15-23-22(9-7-5-6-8-10-27(33)34)24(31)18-25(23)36-19-20-11-13-21(35-2)14-12-20/h5,7,11-16,22-23,25H,3-4,6,8-10,17-19H2,1-2H3,(H,33,34)/t22-,23+,25-/m1/s1. The summed E-state index contributed by atoms with van der Waals surface area (Å²) in [4.78, 5) is 35.7. The van der Waals surface area contributed by atoms with Gasteiger partial charge in [-0.05, 0) is 49.5 Å². The number of benzene rings is 1. The molecule has 0 radical (unpaired) electrons. The van der Waals surface area contributed by atoms with E-state index in [2.05, 4.69) is 0 Å². The molecule has 0 unspecified atom stereocenters. The van der Waals surface area contributed by atoms with Gasteiger partial charge in [-0.3, -0.25) is 14.4 Å². The number of allylic oxidation sites excluding steroid dienone is 3. The van der Waals surface area contributed by atoms with E-state index in [0.717, 1.165) is 11.6 Å². The number of ketones is 2. The van der Waals surface area contributed by atoms with E-state index in [0.29, 0.717) is 31.4 Å². The van der Waals surface area contributed by atoms with E-state index in [1.54, 1.807) is 26.2 Å². The van der Waals surface area contributed by atoms with Gasteiger partial charge in [-0.15, -0.1) is 0 Å². The van der Waals surface area contributed by atoms with Gasteiger partial charge in [0.1, 0.15) is 11.5 Å². The second-order valence-corrected chi connectivity index (χ2v) is 9.08. The fourth-order valence-corrected chi connectivity index (χ4v) is 4.18. The maximum absolute atomic E-state index is 14.2. The molecular formula is C28H36F2O6. The Bertz CT molecular complexity index is 922. The minimum absolute atomic E-state index is 0.0511. The Labute approximate surface area is 211 Å². The Morgan fingerprint density at radius 3 is 2.53 bits per heavy atom. The number of Topliss-reactive ketones (excluding diaryl/α,β-unsaturated/α-hetero) is 1. The van der Waals surface area contributed by atoms with Crippen molar-refractivity contribution in [3.05, 3.63) is 54.1 Å². The smallest absolute Gasteiger partial charge is 0.309 e. The van der Waals surface area contributed by atoms with Crippen LogP contribution in [0.2, 0.25) is 0 Å². The molecule has 0 heterocycles. The van der Waals surface area contributed by atoms with Gasteiger partial charge < -0.3 is 14.6 Å². The predicted octanol–water partition coefficient (Wildman–Crippen LogP) is 5.94. The highest BCUT2D eigenvalue weighted by Crippen LogP contribution is 2.36. The molecule has 2 rings (SSSR count). The third-order valence-corrected chi connectivity index (χ3v) is 6.33. The van der Waals surface area contributed by atoms with Crippen LogP contribution in [-0.2, 0) is 25.7 Å². The molecule has 3 atom stereocenters. The average molecular weight is 507 g/mol. The van der Waals surface area contributed by atoms with E-state index in [4.69, 9.17) is 14.6 Å². The molecule has 1 aromatic rings. The Morgan fingerprint density at radius 2 is 1.89 bits per heavy atom. The minimum Gasteiger partial charge on any atom is -0.497 e. The fourth-order valence-electron chi connectivity index (χ4n) is 4.18. The van der Waals surface area contributed by atoms with Gasteiger partial charge in [0.15, 0.2) is 0 Å². The molecule has 0 saturated heterocycles. The first-order valence-corrected chi connectivity index (χ1v) is 12.4. The number of methoxy groups -OCH3 is 1. The minimum atomic E-state index is -3.44. The number of carbonyl (C=O) groups excluding carboxylic acids is 2. The van der Waals surface area contributed by atoms with Crippen LogP contribution in [0.4, 0.5) is 8.78 Å². The van der Waals surface area contributed by atoms with Crippen LogP contribution >= 0.6 is 0 Å². The molecule has 36 heavy (non-hydrogen) atoms. The number of alkyl halides is 2. The Hall–Kier alpha value is -2.87. The van der Waals surface area contributed by atoms with Crippen molar-refractivity contribution in [2.24, 2.45) is 11.8 Å². The first-order valence-electron chi connectivity index (χ1n) is 12.4. The topological polar surface area (TPSA) is 89.9 Å². The van der Waals surface area contributed by atoms with Crippen LogP contribution < -0.4 is 4.74 Å². The van der Waals surface area contributed by atoms with Crippen LogP contribution in [0.1, 0.15) is 63.9 Å². The molecule has 0 aliphatic heterocycles. The number of carbonyl (C=O) groups is 3. The highest BCUT2D eigenvalue weighted by molar-refractivity contribution is 5.95. The molecule has 1 fully saturated rings. The molecule has 1 aliphatic rings. The number of unbranched alkanes of at least 4 members (excludes halogenated alkanes) is 2. The molecule has 1 saturated carbocycles. The second kappa shape index (κ2) is 14.6. The molecule has 198 valence electrons. The van der Waals surface area contributed by atoms with Crippen molar-refractivity contribution in [2.75, 3.05) is 7.11 Å². The van der Waals surface area contributed by atoms with E-state index < -0.39 is 42.0 Å². The highest BCUT2D eigenvalue weighted by Gasteiger charge is 2.42. The maximum Gasteiger partial charge on any atom is 0.309 e. The molecule has 1 aromatic carbocycles. The summed E-state index contributed by atoms with van der Waals surface area (Å²) < 4.78 is 39.6. The van der Waals surface area contributed by atoms with Gasteiger partial charge in [0.25, 0.3) is 0 Å². The lowest BCUT2D eigenvalue weighted by Gasteiger charge is -2.21. The first kappa shape index (κ1) is 29.4. The molecule has 1 N–H and O–H groups in total. The molecule has 0 spiro atoms. The number of rotatable bonds is 16. The van der Waals surface area contributed by atoms with Crippen LogP contribution in [0.25, 0.3) is 0 Å². The van der Waals surface area contributed by atoms with E-state index in [-0.39, 0.29) is 31.7 Å². The number of hydrogen-bond donors (Lipinski definition) is 1. The lowest BCUT2D eigenvalue weighted by Crippen LogP contribution is -2.28. The first-order chi connectivity index (χ1) is 17.2. The van der Waals surface area contributed by atoms with Gasteiger partial charge in [0, 0.05) is 31.1 Å². The molecule has 0 bridgehead atoms. The van der Waals surface area contributed by atoms with Crippen LogP contribution in [0.15, 0.2) is 48.6 Å². The van der Waals surface area contributed by atoms with Gasteiger partial charge in [-0.25, -0.2) is 0 Å². The summed E-state index contributed by atoms with van der Waals surface area (Å²) in [5.41, 5.74) is 0.870. The maximum atomic E-state index is 14.2. The number of ether oxygens (including phenoxy) is 2. The number of halogens is 2. The van der Waals surface area contributed by atoms with Crippen molar-refractivity contribution in [3.8, 4) is 5.75 Å². The zero-order valence-corrected chi connectivity index (χ0v) is 21.0. The number of aliphatic carboxylic acids is 1. The van der Waals surface area contributed by atoms with Crippen molar-refractivity contribution < 1.29 is 37.7 Å². The zero-order chi connectivity index (χ0) is 26.6. The van der Waals surface area contributed by atoms with Gasteiger partial charge >= 0.3 is 11.9 Å². The molecular weight excluding hydrogens is 470 g/mol. The normalized spacial score (nSPS) is 20.4. The van der Waals surface area contributed by atoms with Crippen LogP contribution in [0.5, 0.6) is 5.75 Å². The van der Waals surface area contributed by atoms with Gasteiger partial charge in [-0.2, -0.15) is 8.78 Å². The van der Waals surface area contributed by atoms with E-state index in [1.807, 2.05) is 24.3 Å². The Balaban J connectivity index is 2.11. The third kappa shape index (κ3) is 9.30. The van der Waals surface area contributed by atoms with Crippen LogP contribution in [-0.4, -0.2) is 41.8 Å². The van der Waals surface area contributed by atoms with E-state index in [1.165, 1.54) is 6.08 Å². The lowest BCUT2D eigenvalue weighted by atomic mass is 9.90. The number of hydrogen-bond acceptors (Lipinski definition) is 5. The highest BCUT2D eigenvalue weighted by atomic mass is 19.3. The van der Waals surface area contributed by atoms with Gasteiger partial charge in [0.05, 0.1) is 19.8 Å². The fraction of sp³-hybridized carbons (Fsp3) is 0.536. The number of carboxylic acids is 1. The predicted molar refractivity (Wildman–Crippen MR) is 132 cm³/mol. The van der Waals surface area contributed by atoms with Crippen molar-refractivity contribution in [2.45, 2.75) is 76.9 Å². The molecule has 0 aromatic heterocycles. The molecule has 1 aliphatic carbocycles. The molecule has 8 heteroatoms. The molecule has 6 nitrogen and oxygen atoms in total. The van der Waals surface area contributed by atoms with Gasteiger partial charge in [-0.1, -0.05) is 43.7 Å². The van der Waals surface area contributed by atoms with Gasteiger partial charge in [0.2, 0.25) is 5.78 Å². The quantitative estimate of drug-likeness (QED) is 0.170. The van der Waals surface area contributed by atoms with E-state index in [9.17, 15) is 23.2 Å². The largest absolute Gasteiger partial charge is 0.497 e. The number of carboxylic acid groups (broad SMARTS) is 1. The summed E-state index contributed by atoms with van der Waals surface area (Å²) in [6.07, 6.45) is 7.33. The zero-order valence-electron chi connectivity index (χ0n) is 21.0. The summed E-state index contributed by atoms with van der Waals surface area (Å²) in [7, 11) is 1.57. The average Bonchev–Trinajstić information content (AvgIpc) is 3.15. The second-order valence-electron chi connectivity index (χ2n) is 9.08. The summed E-state index contributed by atoms with van der Waals surface area (Å²) in [5, 5.41) is 8.73. The van der Waals surface area contributed by atoms with Crippen molar-refractivity contribution >= 4 is 17.5 Å². The van der Waals surface area contributed by atoms with Crippen LogP contribution in [0, 0.1) is 11.8 Å². The SMILES string of the molecule is CCCCC(F)(F)C(=O)C=C[C@@H]1[C@H](OCc2ccc(OC)cc2)CC(=O)[C@@H]1CC=CCCCC(=O)O. The Kier molecular flexibility index (Phi) is 11.9. The van der Waals surface area contributed by atoms with Crippen molar-refractivity contribution in [3.63, 3.8) is 0 Å². The van der Waals surface area contributed by atoms with Crippen molar-refractivity contribution in [1.82, 2.24) is 0 Å². The summed E-state index contributed by atoms with van der Waals surface area (Å²) in [5.74, 6) is -5.93. The lowest BCUT2D eigenvalue weighted by molar-refractivity contribution is -0.138. The monoisotopic (exact) mass is 506 g/mol. The Morgan fingerprint density at radius 1 is 1.17 bits per heavy atom. The summed E-state index contributed by atoms with van der Waals surface area (Å²) in [6.45, 7) is 2.01. The molecule has 0 amide bonds. The van der Waals surface area contributed by atoms with Crippen LogP contribution in [0.3, 0.4) is 0 Å². The summed E-state index contributed by atoms with van der Waals surface area (Å²) >= 11 is 0. The van der Waals surface area contributed by atoms with Crippen molar-refractivity contribution in [1.29, 1.82) is 0 Å². The third-order valence-electron chi connectivity index (χ3n) is 6.33. The van der Waals surface area contributed by atoms with E-state index >= 15 is 0 Å². The summed E-state index contributed by atoms with van der Waals surface area (Å²) in [6, 6.07) is 7.28.